The molecular weight excluding hydrogens is 348 g/mol. The fourth-order valence-electron chi connectivity index (χ4n) is 2.47. The average molecular weight is 372 g/mol. The molecule has 0 fully saturated rings. The van der Waals surface area contributed by atoms with Gasteiger partial charge in [0.25, 0.3) is 5.91 Å². The lowest BCUT2D eigenvalue weighted by atomic mass is 10.0. The number of hydrogen-bond donors (Lipinski definition) is 0. The third kappa shape index (κ3) is 4.46. The molecule has 8 nitrogen and oxygen atoms in total. The van der Waals surface area contributed by atoms with E-state index in [-0.39, 0.29) is 17.2 Å². The Balaban J connectivity index is 2.58. The number of methoxy groups -OCH3 is 2. The van der Waals surface area contributed by atoms with E-state index in [1.807, 2.05) is 0 Å². The summed E-state index contributed by atoms with van der Waals surface area (Å²) in [6.07, 6.45) is 3.22. The van der Waals surface area contributed by atoms with Crippen LogP contribution in [0.25, 0.3) is 0 Å². The van der Waals surface area contributed by atoms with Gasteiger partial charge in [0.15, 0.2) is 0 Å². The Labute approximate surface area is 158 Å². The first-order chi connectivity index (χ1) is 12.8. The van der Waals surface area contributed by atoms with Crippen LogP contribution < -0.4 is 9.75 Å². The summed E-state index contributed by atoms with van der Waals surface area (Å²) in [7, 11) is 10.00. The standard InChI is InChI=1S/C19H24N4O4/c1-21(2)11-15-17(16(12-22(3)4)19(25)27-6)20-23(18(15)24)13-7-9-14(26-5)10-8-13/h7-12H,1-6H3/b15-11-,16-12-. The maximum absolute atomic E-state index is 13.0. The predicted molar refractivity (Wildman–Crippen MR) is 103 cm³/mol. The first-order valence-electron chi connectivity index (χ1n) is 8.21. The topological polar surface area (TPSA) is 74.7 Å². The Bertz CT molecular complexity index is 808. The van der Waals surface area contributed by atoms with Crippen LogP contribution in [0.3, 0.4) is 0 Å². The molecule has 1 heterocycles. The van der Waals surface area contributed by atoms with Crippen LogP contribution in [-0.4, -0.2) is 69.8 Å². The number of amides is 1. The third-order valence-corrected chi connectivity index (χ3v) is 3.63. The minimum Gasteiger partial charge on any atom is -0.497 e. The van der Waals surface area contributed by atoms with Gasteiger partial charge in [-0.15, -0.1) is 0 Å². The fourth-order valence-corrected chi connectivity index (χ4v) is 2.47. The number of carbonyl (C=O) groups is 2. The molecule has 0 saturated carbocycles. The van der Waals surface area contributed by atoms with Crippen molar-refractivity contribution >= 4 is 23.3 Å². The number of nitrogens with zero attached hydrogens (tertiary/aromatic N) is 4. The normalized spacial score (nSPS) is 15.7. The Morgan fingerprint density at radius 2 is 1.70 bits per heavy atom. The van der Waals surface area contributed by atoms with Crippen molar-refractivity contribution in [2.24, 2.45) is 5.10 Å². The van der Waals surface area contributed by atoms with Crippen LogP contribution in [0.1, 0.15) is 0 Å². The molecule has 0 bridgehead atoms. The number of carbonyl (C=O) groups excluding carboxylic acids is 2. The Kier molecular flexibility index (Phi) is 6.23. The molecule has 0 aromatic heterocycles. The van der Waals surface area contributed by atoms with E-state index >= 15 is 0 Å². The molecule has 1 aliphatic heterocycles. The van der Waals surface area contributed by atoms with Gasteiger partial charge < -0.3 is 19.3 Å². The maximum atomic E-state index is 13.0. The summed E-state index contributed by atoms with van der Waals surface area (Å²) < 4.78 is 10.0. The molecule has 0 atom stereocenters. The van der Waals surface area contributed by atoms with Gasteiger partial charge >= 0.3 is 5.97 Å². The molecule has 1 aromatic carbocycles. The highest BCUT2D eigenvalue weighted by molar-refractivity contribution is 6.40. The van der Waals surface area contributed by atoms with Gasteiger partial charge in [-0.05, 0) is 24.3 Å². The van der Waals surface area contributed by atoms with Crippen LogP contribution in [0.2, 0.25) is 0 Å². The molecule has 0 spiro atoms. The summed E-state index contributed by atoms with van der Waals surface area (Å²) in [6, 6.07) is 6.93. The smallest absolute Gasteiger partial charge is 0.341 e. The third-order valence-electron chi connectivity index (χ3n) is 3.63. The molecule has 0 unspecified atom stereocenters. The number of hydrazone groups is 1. The van der Waals surface area contributed by atoms with Crippen molar-refractivity contribution in [2.45, 2.75) is 0 Å². The summed E-state index contributed by atoms with van der Waals surface area (Å²) >= 11 is 0. The monoisotopic (exact) mass is 372 g/mol. The summed E-state index contributed by atoms with van der Waals surface area (Å²) in [5.74, 6) is -0.240. The molecule has 0 radical (unpaired) electrons. The highest BCUT2D eigenvalue weighted by Gasteiger charge is 2.36. The Morgan fingerprint density at radius 1 is 1.07 bits per heavy atom. The van der Waals surface area contributed by atoms with E-state index in [2.05, 4.69) is 5.10 Å². The second kappa shape index (κ2) is 8.39. The molecule has 1 aliphatic rings. The van der Waals surface area contributed by atoms with Crippen LogP contribution in [0.5, 0.6) is 5.75 Å². The van der Waals surface area contributed by atoms with Gasteiger partial charge in [-0.2, -0.15) is 10.1 Å². The van der Waals surface area contributed by atoms with Gasteiger partial charge in [-0.25, -0.2) is 4.79 Å². The largest absolute Gasteiger partial charge is 0.497 e. The van der Waals surface area contributed by atoms with E-state index in [1.165, 1.54) is 12.1 Å². The van der Waals surface area contributed by atoms with Crippen LogP contribution in [0.15, 0.2) is 52.9 Å². The molecule has 1 amide bonds. The molecule has 1 aromatic rings. The molecule has 0 saturated heterocycles. The van der Waals surface area contributed by atoms with E-state index in [4.69, 9.17) is 9.47 Å². The van der Waals surface area contributed by atoms with Crippen LogP contribution in [0.4, 0.5) is 5.69 Å². The minimum atomic E-state index is -0.573. The number of hydrogen-bond acceptors (Lipinski definition) is 7. The minimum absolute atomic E-state index is 0.194. The lowest BCUT2D eigenvalue weighted by Crippen LogP contribution is -2.24. The Morgan fingerprint density at radius 3 is 2.19 bits per heavy atom. The van der Waals surface area contributed by atoms with Crippen molar-refractivity contribution in [1.29, 1.82) is 0 Å². The van der Waals surface area contributed by atoms with E-state index in [1.54, 1.807) is 81.8 Å². The summed E-state index contributed by atoms with van der Waals surface area (Å²) in [6.45, 7) is 0. The number of ether oxygens (including phenoxy) is 2. The van der Waals surface area contributed by atoms with Crippen molar-refractivity contribution in [3.63, 3.8) is 0 Å². The van der Waals surface area contributed by atoms with Gasteiger partial charge in [0.1, 0.15) is 17.0 Å². The van der Waals surface area contributed by atoms with Crippen molar-refractivity contribution < 1.29 is 19.1 Å². The molecule has 0 aliphatic carbocycles. The van der Waals surface area contributed by atoms with E-state index in [0.717, 1.165) is 0 Å². The van der Waals surface area contributed by atoms with Gasteiger partial charge in [0, 0.05) is 40.6 Å². The summed E-state index contributed by atoms with van der Waals surface area (Å²) in [5, 5.41) is 5.68. The number of esters is 1. The predicted octanol–water partition coefficient (Wildman–Crippen LogP) is 1.46. The van der Waals surface area contributed by atoms with Crippen LogP contribution in [0, 0.1) is 0 Å². The lowest BCUT2D eigenvalue weighted by molar-refractivity contribution is -0.135. The molecule has 144 valence electrons. The quantitative estimate of drug-likeness (QED) is 0.556. The Hall–Kier alpha value is -3.29. The second-order valence-corrected chi connectivity index (χ2v) is 6.27. The molecule has 27 heavy (non-hydrogen) atoms. The molecule has 0 N–H and O–H groups in total. The average Bonchev–Trinajstić information content (AvgIpc) is 2.95. The lowest BCUT2D eigenvalue weighted by Gasteiger charge is -2.13. The zero-order valence-electron chi connectivity index (χ0n) is 16.4. The van der Waals surface area contributed by atoms with Crippen LogP contribution >= 0.6 is 0 Å². The van der Waals surface area contributed by atoms with Crippen molar-refractivity contribution in [2.75, 3.05) is 47.4 Å². The zero-order valence-corrected chi connectivity index (χ0v) is 16.4. The number of anilines is 1. The second-order valence-electron chi connectivity index (χ2n) is 6.27. The maximum Gasteiger partial charge on any atom is 0.341 e. The fraction of sp³-hybridized carbons (Fsp3) is 0.316. The van der Waals surface area contributed by atoms with Crippen molar-refractivity contribution in [3.8, 4) is 5.75 Å². The van der Waals surface area contributed by atoms with E-state index in [0.29, 0.717) is 17.0 Å². The van der Waals surface area contributed by atoms with Crippen LogP contribution in [-0.2, 0) is 14.3 Å². The summed E-state index contributed by atoms with van der Waals surface area (Å²) in [4.78, 5) is 28.7. The van der Waals surface area contributed by atoms with E-state index < -0.39 is 5.97 Å². The number of benzene rings is 1. The zero-order chi connectivity index (χ0) is 20.1. The molecular formula is C19H24N4O4. The highest BCUT2D eigenvalue weighted by Crippen LogP contribution is 2.28. The van der Waals surface area contributed by atoms with Gasteiger partial charge in [0.05, 0.1) is 25.5 Å². The molecule has 8 heteroatoms. The van der Waals surface area contributed by atoms with Gasteiger partial charge in [0.2, 0.25) is 0 Å². The van der Waals surface area contributed by atoms with E-state index in [9.17, 15) is 9.59 Å². The van der Waals surface area contributed by atoms with Gasteiger partial charge in [-0.1, -0.05) is 0 Å². The van der Waals surface area contributed by atoms with Gasteiger partial charge in [-0.3, -0.25) is 4.79 Å². The highest BCUT2D eigenvalue weighted by atomic mass is 16.5. The first-order valence-corrected chi connectivity index (χ1v) is 8.21. The van der Waals surface area contributed by atoms with Crippen molar-refractivity contribution in [3.05, 3.63) is 47.8 Å². The van der Waals surface area contributed by atoms with Crippen molar-refractivity contribution in [1.82, 2.24) is 9.80 Å². The number of rotatable bonds is 6. The SMILES string of the molecule is COC(=O)/C(=C\N(C)C)C1=NN(c2ccc(OC)cc2)C(=O)/C1=C\N(C)C. The molecule has 2 rings (SSSR count). The first kappa shape index (κ1) is 20.0. The summed E-state index contributed by atoms with van der Waals surface area (Å²) in [5.41, 5.74) is 1.31.